The molecule has 0 saturated heterocycles. The molecule has 24 heavy (non-hydrogen) atoms. The molecule has 2 aromatic carbocycles. The number of hydrogen-bond acceptors (Lipinski definition) is 2. The summed E-state index contributed by atoms with van der Waals surface area (Å²) in [4.78, 5) is 25.8. The Kier molecular flexibility index (Phi) is 6.23. The Hall–Kier alpha value is -2.04. The van der Waals surface area contributed by atoms with Gasteiger partial charge in [-0.2, -0.15) is 0 Å². The number of carbonyl (C=O) groups excluding carboxylic acids is 2. The van der Waals surface area contributed by atoms with E-state index in [9.17, 15) is 9.59 Å². The molecule has 0 aromatic heterocycles. The van der Waals surface area contributed by atoms with Crippen LogP contribution in [0.15, 0.2) is 42.5 Å². The predicted octanol–water partition coefficient (Wildman–Crippen LogP) is 3.64. The van der Waals surface area contributed by atoms with Crippen LogP contribution < -0.4 is 5.32 Å². The summed E-state index contributed by atoms with van der Waals surface area (Å²) in [5, 5.41) is 3.31. The second-order valence-corrected chi connectivity index (χ2v) is 6.63. The lowest BCUT2D eigenvalue weighted by Gasteiger charge is -2.17. The Morgan fingerprint density at radius 1 is 1.29 bits per heavy atom. The minimum absolute atomic E-state index is 0.0711. The normalized spacial score (nSPS) is 9.92. The largest absolute Gasteiger partial charge is 0.332 e. The zero-order valence-corrected chi connectivity index (χ0v) is 15.8. The third-order valence-corrected chi connectivity index (χ3v) is 4.75. The summed E-state index contributed by atoms with van der Waals surface area (Å²) in [7, 11) is 1.57. The van der Waals surface area contributed by atoms with Crippen LogP contribution in [0.3, 0.4) is 0 Å². The topological polar surface area (TPSA) is 49.4 Å². The van der Waals surface area contributed by atoms with Gasteiger partial charge in [-0.1, -0.05) is 23.6 Å². The predicted molar refractivity (Wildman–Crippen MR) is 104 cm³/mol. The van der Waals surface area contributed by atoms with E-state index >= 15 is 0 Å². The first kappa shape index (κ1) is 18.3. The lowest BCUT2D eigenvalue weighted by atomic mass is 10.2. The molecule has 0 unspecified atom stereocenters. The number of anilines is 1. The molecular formula is C18H14ClIN2O2. The van der Waals surface area contributed by atoms with Crippen molar-refractivity contribution in [2.75, 3.05) is 18.9 Å². The van der Waals surface area contributed by atoms with Crippen molar-refractivity contribution in [2.45, 2.75) is 0 Å². The molecule has 0 spiro atoms. The summed E-state index contributed by atoms with van der Waals surface area (Å²) in [6.45, 7) is -0.0711. The number of carbonyl (C=O) groups is 2. The average Bonchev–Trinajstić information content (AvgIpc) is 2.56. The quantitative estimate of drug-likeness (QED) is 0.569. The van der Waals surface area contributed by atoms with Crippen molar-refractivity contribution in [1.29, 1.82) is 0 Å². The van der Waals surface area contributed by atoms with Crippen LogP contribution in [0.4, 0.5) is 5.69 Å². The van der Waals surface area contributed by atoms with E-state index in [1.54, 1.807) is 49.5 Å². The highest BCUT2D eigenvalue weighted by molar-refractivity contribution is 14.1. The van der Waals surface area contributed by atoms with Gasteiger partial charge in [0.1, 0.15) is 0 Å². The molecule has 0 aliphatic carbocycles. The van der Waals surface area contributed by atoms with E-state index in [1.807, 2.05) is 0 Å². The molecule has 4 nitrogen and oxygen atoms in total. The van der Waals surface area contributed by atoms with E-state index in [2.05, 4.69) is 33.8 Å². The summed E-state index contributed by atoms with van der Waals surface area (Å²) in [5.74, 6) is 1.95. The number of nitrogens with one attached hydrogen (secondary N) is 1. The molecular weight excluding hydrogens is 439 g/mol. The maximum atomic E-state index is 12.4. The molecule has 0 radical (unpaired) electrons. The summed E-state index contributed by atoms with van der Waals surface area (Å²) >= 11 is 8.01. The van der Waals surface area contributed by atoms with Gasteiger partial charge in [0.15, 0.2) is 0 Å². The van der Waals surface area contributed by atoms with Gasteiger partial charge >= 0.3 is 0 Å². The SMILES string of the molecule is C#Cc1cccc(NC(=O)CN(C)C(=O)c2ccc(Cl)c(I)c2)c1. The fourth-order valence-corrected chi connectivity index (χ4v) is 2.66. The van der Waals surface area contributed by atoms with Crippen molar-refractivity contribution in [1.82, 2.24) is 4.90 Å². The molecule has 2 aromatic rings. The molecule has 2 amide bonds. The highest BCUT2D eigenvalue weighted by atomic mass is 127. The molecule has 0 bridgehead atoms. The summed E-state index contributed by atoms with van der Waals surface area (Å²) in [6.07, 6.45) is 5.33. The van der Waals surface area contributed by atoms with Gasteiger partial charge in [-0.25, -0.2) is 0 Å². The lowest BCUT2D eigenvalue weighted by Crippen LogP contribution is -2.35. The third-order valence-electron chi connectivity index (χ3n) is 3.21. The number of nitrogens with zero attached hydrogens (tertiary/aromatic N) is 1. The Labute approximate surface area is 159 Å². The second kappa shape index (κ2) is 8.18. The van der Waals surface area contributed by atoms with Crippen molar-refractivity contribution in [2.24, 2.45) is 0 Å². The van der Waals surface area contributed by atoms with Crippen molar-refractivity contribution in [3.8, 4) is 12.3 Å². The van der Waals surface area contributed by atoms with E-state index in [1.165, 1.54) is 4.90 Å². The van der Waals surface area contributed by atoms with Crippen LogP contribution in [-0.2, 0) is 4.79 Å². The Morgan fingerprint density at radius 3 is 2.71 bits per heavy atom. The van der Waals surface area contributed by atoms with Crippen LogP contribution >= 0.6 is 34.2 Å². The smallest absolute Gasteiger partial charge is 0.254 e. The molecule has 6 heteroatoms. The van der Waals surface area contributed by atoms with Crippen molar-refractivity contribution < 1.29 is 9.59 Å². The number of amides is 2. The first-order valence-corrected chi connectivity index (χ1v) is 8.43. The van der Waals surface area contributed by atoms with Gasteiger partial charge in [0, 0.05) is 27.4 Å². The van der Waals surface area contributed by atoms with E-state index in [4.69, 9.17) is 18.0 Å². The average molecular weight is 453 g/mol. The van der Waals surface area contributed by atoms with Crippen molar-refractivity contribution in [3.05, 3.63) is 62.2 Å². The van der Waals surface area contributed by atoms with Crippen LogP contribution in [0.25, 0.3) is 0 Å². The number of benzene rings is 2. The van der Waals surface area contributed by atoms with Crippen molar-refractivity contribution in [3.63, 3.8) is 0 Å². The molecule has 0 saturated carbocycles. The zero-order chi connectivity index (χ0) is 17.7. The lowest BCUT2D eigenvalue weighted by molar-refractivity contribution is -0.116. The summed E-state index contributed by atoms with van der Waals surface area (Å²) in [5.41, 5.74) is 1.75. The summed E-state index contributed by atoms with van der Waals surface area (Å²) < 4.78 is 0.782. The second-order valence-electron chi connectivity index (χ2n) is 5.06. The fourth-order valence-electron chi connectivity index (χ4n) is 2.02. The van der Waals surface area contributed by atoms with Crippen LogP contribution in [-0.4, -0.2) is 30.3 Å². The molecule has 0 aliphatic heterocycles. The Morgan fingerprint density at radius 2 is 2.04 bits per heavy atom. The Bertz CT molecular complexity index is 830. The molecule has 0 aliphatic rings. The number of likely N-dealkylation sites (N-methyl/N-ethyl adjacent to an activating group) is 1. The van der Waals surface area contributed by atoms with E-state index in [0.29, 0.717) is 21.8 Å². The molecule has 1 N–H and O–H groups in total. The van der Waals surface area contributed by atoms with Crippen LogP contribution in [0.1, 0.15) is 15.9 Å². The van der Waals surface area contributed by atoms with Crippen LogP contribution in [0.5, 0.6) is 0 Å². The molecule has 0 heterocycles. The Balaban J connectivity index is 2.01. The molecule has 2 rings (SSSR count). The third kappa shape index (κ3) is 4.73. The fraction of sp³-hybridized carbons (Fsp3) is 0.111. The van der Waals surface area contributed by atoms with Gasteiger partial charge in [-0.15, -0.1) is 6.42 Å². The van der Waals surface area contributed by atoms with Gasteiger partial charge in [0.2, 0.25) is 5.91 Å². The van der Waals surface area contributed by atoms with Gasteiger partial charge < -0.3 is 10.2 Å². The maximum Gasteiger partial charge on any atom is 0.254 e. The van der Waals surface area contributed by atoms with E-state index in [0.717, 1.165) is 3.57 Å². The number of terminal acetylenes is 1. The zero-order valence-electron chi connectivity index (χ0n) is 12.8. The molecule has 0 fully saturated rings. The first-order chi connectivity index (χ1) is 11.4. The van der Waals surface area contributed by atoms with Gasteiger partial charge in [0.05, 0.1) is 11.6 Å². The highest BCUT2D eigenvalue weighted by Gasteiger charge is 2.16. The van der Waals surface area contributed by atoms with Crippen LogP contribution in [0.2, 0.25) is 5.02 Å². The first-order valence-electron chi connectivity index (χ1n) is 6.97. The van der Waals surface area contributed by atoms with Gasteiger partial charge in [0.25, 0.3) is 5.91 Å². The maximum absolute atomic E-state index is 12.4. The molecule has 0 atom stereocenters. The number of halogens is 2. The van der Waals surface area contributed by atoms with Crippen LogP contribution in [0, 0.1) is 15.9 Å². The molecule has 122 valence electrons. The minimum Gasteiger partial charge on any atom is -0.332 e. The van der Waals surface area contributed by atoms with E-state index < -0.39 is 0 Å². The number of rotatable bonds is 4. The van der Waals surface area contributed by atoms with E-state index in [-0.39, 0.29) is 18.4 Å². The van der Waals surface area contributed by atoms with Gasteiger partial charge in [-0.05, 0) is 59.0 Å². The standard InChI is InChI=1S/C18H14ClIN2O2/c1-3-12-5-4-6-14(9-12)21-17(23)11-22(2)18(24)13-7-8-15(19)16(20)10-13/h1,4-10H,11H2,2H3,(H,21,23). The highest BCUT2D eigenvalue weighted by Crippen LogP contribution is 2.20. The minimum atomic E-state index is -0.302. The van der Waals surface area contributed by atoms with Gasteiger partial charge in [-0.3, -0.25) is 9.59 Å². The summed E-state index contributed by atoms with van der Waals surface area (Å²) in [6, 6.07) is 12.0. The number of hydrogen-bond donors (Lipinski definition) is 1. The van der Waals surface area contributed by atoms with Crippen molar-refractivity contribution >= 4 is 51.7 Å². The monoisotopic (exact) mass is 452 g/mol.